The second kappa shape index (κ2) is 7.28. The predicted molar refractivity (Wildman–Crippen MR) is 82.7 cm³/mol. The molecule has 0 saturated carbocycles. The van der Waals surface area contributed by atoms with Crippen LogP contribution in [0.15, 0.2) is 24.3 Å². The minimum Gasteiger partial charge on any atom is -0.317 e. The summed E-state index contributed by atoms with van der Waals surface area (Å²) in [5.74, 6) is 0.689. The maximum absolute atomic E-state index is 6.01. The Morgan fingerprint density at radius 1 is 1.26 bits per heavy atom. The average molecular weight is 281 g/mol. The van der Waals surface area contributed by atoms with Crippen LogP contribution in [0, 0.1) is 5.92 Å². The van der Waals surface area contributed by atoms with Crippen LogP contribution >= 0.6 is 11.6 Å². The van der Waals surface area contributed by atoms with Crippen molar-refractivity contribution in [2.75, 3.05) is 26.7 Å². The molecular formula is C16H25ClN2. The molecule has 1 aromatic carbocycles. The second-order valence-electron chi connectivity index (χ2n) is 5.54. The predicted octanol–water partition coefficient (Wildman–Crippen LogP) is 3.72. The molecular weight excluding hydrogens is 256 g/mol. The van der Waals surface area contributed by atoms with Gasteiger partial charge >= 0.3 is 0 Å². The van der Waals surface area contributed by atoms with Crippen LogP contribution in [0.4, 0.5) is 0 Å². The van der Waals surface area contributed by atoms with Crippen molar-refractivity contribution >= 4 is 11.6 Å². The molecule has 1 saturated heterocycles. The summed E-state index contributed by atoms with van der Waals surface area (Å²) in [5.41, 5.74) is 1.40. The van der Waals surface area contributed by atoms with E-state index >= 15 is 0 Å². The third kappa shape index (κ3) is 3.95. The van der Waals surface area contributed by atoms with Crippen molar-refractivity contribution in [3.05, 3.63) is 34.9 Å². The second-order valence-corrected chi connectivity index (χ2v) is 5.98. The monoisotopic (exact) mass is 280 g/mol. The summed E-state index contributed by atoms with van der Waals surface area (Å²) in [6.45, 7) is 5.52. The standard InChI is InChI=1S/C16H25ClN2/c1-3-18-12-14-6-4-5-11-19(2)16(14)13-7-9-15(17)10-8-13/h7-10,14,16,18H,3-6,11-12H2,1-2H3. The van der Waals surface area contributed by atoms with E-state index in [4.69, 9.17) is 11.6 Å². The number of nitrogens with zero attached hydrogens (tertiary/aromatic N) is 1. The van der Waals surface area contributed by atoms with Crippen LogP contribution in [0.25, 0.3) is 0 Å². The Kier molecular flexibility index (Phi) is 5.68. The molecule has 0 bridgehead atoms. The zero-order chi connectivity index (χ0) is 13.7. The van der Waals surface area contributed by atoms with Crippen molar-refractivity contribution in [2.24, 2.45) is 5.92 Å². The van der Waals surface area contributed by atoms with E-state index in [1.165, 1.54) is 31.4 Å². The molecule has 0 radical (unpaired) electrons. The molecule has 0 spiro atoms. The lowest BCUT2D eigenvalue weighted by Crippen LogP contribution is -2.34. The summed E-state index contributed by atoms with van der Waals surface area (Å²) in [6, 6.07) is 8.92. The van der Waals surface area contributed by atoms with Gasteiger partial charge in [-0.15, -0.1) is 0 Å². The van der Waals surface area contributed by atoms with Crippen LogP contribution in [-0.4, -0.2) is 31.6 Å². The van der Waals surface area contributed by atoms with Gasteiger partial charge in [-0.2, -0.15) is 0 Å². The number of likely N-dealkylation sites (tertiary alicyclic amines) is 1. The largest absolute Gasteiger partial charge is 0.317 e. The van der Waals surface area contributed by atoms with E-state index in [2.05, 4.69) is 36.3 Å². The van der Waals surface area contributed by atoms with E-state index in [-0.39, 0.29) is 0 Å². The van der Waals surface area contributed by atoms with Crippen LogP contribution in [0.5, 0.6) is 0 Å². The van der Waals surface area contributed by atoms with Crippen molar-refractivity contribution in [1.82, 2.24) is 10.2 Å². The summed E-state index contributed by atoms with van der Waals surface area (Å²) in [5, 5.41) is 4.35. The van der Waals surface area contributed by atoms with Crippen LogP contribution in [0.1, 0.15) is 37.8 Å². The van der Waals surface area contributed by atoms with Crippen LogP contribution in [-0.2, 0) is 0 Å². The first kappa shape index (κ1) is 14.8. The normalized spacial score (nSPS) is 25.2. The molecule has 1 heterocycles. The molecule has 3 heteroatoms. The Hall–Kier alpha value is -0.570. The summed E-state index contributed by atoms with van der Waals surface area (Å²) in [4.78, 5) is 2.51. The molecule has 1 aliphatic rings. The van der Waals surface area contributed by atoms with Crippen molar-refractivity contribution in [3.8, 4) is 0 Å². The van der Waals surface area contributed by atoms with E-state index < -0.39 is 0 Å². The van der Waals surface area contributed by atoms with Gasteiger partial charge < -0.3 is 5.32 Å². The lowest BCUT2D eigenvalue weighted by molar-refractivity contribution is 0.189. The van der Waals surface area contributed by atoms with Crippen molar-refractivity contribution in [3.63, 3.8) is 0 Å². The topological polar surface area (TPSA) is 15.3 Å². The van der Waals surface area contributed by atoms with Crippen molar-refractivity contribution in [2.45, 2.75) is 32.2 Å². The molecule has 1 fully saturated rings. The van der Waals surface area contributed by atoms with E-state index in [1.54, 1.807) is 0 Å². The molecule has 2 rings (SSSR count). The van der Waals surface area contributed by atoms with Gasteiger partial charge in [0.25, 0.3) is 0 Å². The van der Waals surface area contributed by atoms with Gasteiger partial charge in [0.15, 0.2) is 0 Å². The van der Waals surface area contributed by atoms with Gasteiger partial charge in [0.1, 0.15) is 0 Å². The van der Waals surface area contributed by atoms with Crippen LogP contribution < -0.4 is 5.32 Å². The highest BCUT2D eigenvalue weighted by molar-refractivity contribution is 6.30. The SMILES string of the molecule is CCNCC1CCCCN(C)C1c1ccc(Cl)cc1. The Morgan fingerprint density at radius 2 is 2.00 bits per heavy atom. The first-order valence-electron chi connectivity index (χ1n) is 7.38. The first-order valence-corrected chi connectivity index (χ1v) is 7.76. The molecule has 2 unspecified atom stereocenters. The number of rotatable bonds is 4. The van der Waals surface area contributed by atoms with Gasteiger partial charge in [0.2, 0.25) is 0 Å². The van der Waals surface area contributed by atoms with Crippen LogP contribution in [0.2, 0.25) is 5.02 Å². The fourth-order valence-corrected chi connectivity index (χ4v) is 3.28. The molecule has 0 amide bonds. The number of benzene rings is 1. The summed E-state index contributed by atoms with van der Waals surface area (Å²) in [6.07, 6.45) is 3.96. The fraction of sp³-hybridized carbons (Fsp3) is 0.625. The van der Waals surface area contributed by atoms with E-state index in [0.29, 0.717) is 12.0 Å². The number of hydrogen-bond acceptors (Lipinski definition) is 2. The van der Waals surface area contributed by atoms with E-state index in [9.17, 15) is 0 Å². The third-order valence-corrected chi connectivity index (χ3v) is 4.38. The van der Waals surface area contributed by atoms with Gasteiger partial charge in [-0.05, 0) is 63.1 Å². The molecule has 1 aliphatic heterocycles. The van der Waals surface area contributed by atoms with E-state index in [1.807, 2.05) is 12.1 Å². The highest BCUT2D eigenvalue weighted by Gasteiger charge is 2.28. The van der Waals surface area contributed by atoms with Gasteiger partial charge in [-0.1, -0.05) is 37.1 Å². The fourth-order valence-electron chi connectivity index (χ4n) is 3.15. The zero-order valence-corrected chi connectivity index (χ0v) is 12.8. The summed E-state index contributed by atoms with van der Waals surface area (Å²) >= 11 is 6.01. The Bertz CT molecular complexity index is 377. The average Bonchev–Trinajstić information content (AvgIpc) is 2.59. The maximum Gasteiger partial charge on any atom is 0.0406 e. The highest BCUT2D eigenvalue weighted by Crippen LogP contribution is 2.34. The summed E-state index contributed by atoms with van der Waals surface area (Å²) in [7, 11) is 2.25. The zero-order valence-electron chi connectivity index (χ0n) is 12.0. The van der Waals surface area contributed by atoms with Gasteiger partial charge in [0.05, 0.1) is 0 Å². The minimum absolute atomic E-state index is 0.513. The lowest BCUT2D eigenvalue weighted by Gasteiger charge is -2.33. The quantitative estimate of drug-likeness (QED) is 0.904. The Balaban J connectivity index is 2.20. The molecule has 1 N–H and O–H groups in total. The summed E-state index contributed by atoms with van der Waals surface area (Å²) < 4.78 is 0. The number of hydrogen-bond donors (Lipinski definition) is 1. The molecule has 106 valence electrons. The van der Waals surface area contributed by atoms with E-state index in [0.717, 1.165) is 18.1 Å². The molecule has 1 aromatic rings. The third-order valence-electron chi connectivity index (χ3n) is 4.13. The molecule has 0 aromatic heterocycles. The smallest absolute Gasteiger partial charge is 0.0406 e. The van der Waals surface area contributed by atoms with Crippen LogP contribution in [0.3, 0.4) is 0 Å². The van der Waals surface area contributed by atoms with Crippen molar-refractivity contribution < 1.29 is 0 Å². The van der Waals surface area contributed by atoms with Gasteiger partial charge in [-0.25, -0.2) is 0 Å². The first-order chi connectivity index (χ1) is 9.22. The number of halogens is 1. The molecule has 19 heavy (non-hydrogen) atoms. The molecule has 2 nitrogen and oxygen atoms in total. The maximum atomic E-state index is 6.01. The molecule has 0 aliphatic carbocycles. The highest BCUT2D eigenvalue weighted by atomic mass is 35.5. The Labute approximate surface area is 122 Å². The van der Waals surface area contributed by atoms with Gasteiger partial charge in [-0.3, -0.25) is 4.90 Å². The molecule has 2 atom stereocenters. The lowest BCUT2D eigenvalue weighted by atomic mass is 9.89. The Morgan fingerprint density at radius 3 is 2.68 bits per heavy atom. The van der Waals surface area contributed by atoms with Gasteiger partial charge in [0, 0.05) is 11.1 Å². The van der Waals surface area contributed by atoms with Crippen molar-refractivity contribution in [1.29, 1.82) is 0 Å². The minimum atomic E-state index is 0.513. The number of nitrogens with one attached hydrogen (secondary N) is 1.